The number of methoxy groups -OCH3 is 2. The summed E-state index contributed by atoms with van der Waals surface area (Å²) in [7, 11) is 0.188. The lowest BCUT2D eigenvalue weighted by Gasteiger charge is -2.38. The van der Waals surface area contributed by atoms with Crippen molar-refractivity contribution in [1.82, 2.24) is 14.9 Å². The molecule has 434 valence electrons. The van der Waals surface area contributed by atoms with Crippen molar-refractivity contribution in [3.05, 3.63) is 152 Å². The molecule has 0 N–H and O–H groups in total. The monoisotopic (exact) mass is 1140 g/mol. The molecule has 82 heavy (non-hydrogen) atoms. The molecule has 5 aromatic carbocycles. The topological polar surface area (TPSA) is 206 Å². The first-order valence-electron chi connectivity index (χ1n) is 28.0. The minimum absolute atomic E-state index is 0.0170. The summed E-state index contributed by atoms with van der Waals surface area (Å²) in [6, 6.07) is 28.6. The Morgan fingerprint density at radius 3 is 1.91 bits per heavy atom. The Hall–Kier alpha value is -7.36. The van der Waals surface area contributed by atoms with Gasteiger partial charge in [0, 0.05) is 75.4 Å². The summed E-state index contributed by atoms with van der Waals surface area (Å²) in [4.78, 5) is 77.3. The van der Waals surface area contributed by atoms with E-state index in [2.05, 4.69) is 17.0 Å². The van der Waals surface area contributed by atoms with Gasteiger partial charge < -0.3 is 48.0 Å². The summed E-state index contributed by atoms with van der Waals surface area (Å²) in [5.41, 5.74) is 9.67. The van der Waals surface area contributed by atoms with E-state index >= 15 is 0 Å². The number of anilines is 1. The van der Waals surface area contributed by atoms with Gasteiger partial charge in [-0.25, -0.2) is 4.79 Å². The standard InChI is InChI=1S/C62H70N4O15S/c1-40-26-51-48(34-57(82(72,73)76-4)53-31-44-11-6-8-13-47(44)37-65(53)62(51)71)33-54(40)79-38-41-27-42(39-80-56-32-45-15-16-49-30-43-10-5-7-12-46(43)36-64(49)61(70)52(45)35-55(56)75-3)29-50(28-41)63(20-21-77-24-25-78-23-22-74-2)19-9-14-60(69)81-66-58(67)17-18-59(66)68/h5-8,10-13,26-29,32-33,35,49,53,57H,9,14-25,30-31,34,36-39H2,1-4H3/t49-,53+,57?/m1/s1. The van der Waals surface area contributed by atoms with Crippen LogP contribution in [0.1, 0.15) is 103 Å². The molecule has 1 unspecified atom stereocenters. The van der Waals surface area contributed by atoms with E-state index in [0.717, 1.165) is 59.0 Å². The molecule has 0 aromatic heterocycles. The minimum atomic E-state index is -4.12. The van der Waals surface area contributed by atoms with Crippen LogP contribution in [0.3, 0.4) is 0 Å². The van der Waals surface area contributed by atoms with E-state index in [0.29, 0.717) is 103 Å². The molecule has 5 heterocycles. The quantitative estimate of drug-likeness (QED) is 0.0346. The Bertz CT molecular complexity index is 3320. The van der Waals surface area contributed by atoms with E-state index in [1.54, 1.807) is 37.3 Å². The Balaban J connectivity index is 0.936. The first-order chi connectivity index (χ1) is 39.7. The van der Waals surface area contributed by atoms with Crippen LogP contribution in [0.4, 0.5) is 5.69 Å². The average molecular weight is 1140 g/mol. The fourth-order valence-electron chi connectivity index (χ4n) is 11.8. The molecule has 0 bridgehead atoms. The maximum Gasteiger partial charge on any atom is 0.333 e. The number of benzene rings is 5. The van der Waals surface area contributed by atoms with Gasteiger partial charge >= 0.3 is 5.97 Å². The third-order valence-electron chi connectivity index (χ3n) is 16.1. The zero-order valence-electron chi connectivity index (χ0n) is 46.9. The zero-order valence-corrected chi connectivity index (χ0v) is 47.7. The number of fused-ring (bicyclic) bond motifs is 6. The number of aryl methyl sites for hydroxylation is 2. The summed E-state index contributed by atoms with van der Waals surface area (Å²) in [5, 5.41) is -0.499. The molecule has 3 atom stereocenters. The fourth-order valence-corrected chi connectivity index (χ4v) is 13.0. The van der Waals surface area contributed by atoms with Crippen molar-refractivity contribution in [2.45, 2.75) is 108 Å². The first-order valence-corrected chi connectivity index (χ1v) is 29.4. The number of hydrogen-bond acceptors (Lipinski definition) is 16. The van der Waals surface area contributed by atoms with Gasteiger partial charge in [-0.05, 0) is 138 Å². The van der Waals surface area contributed by atoms with Crippen molar-refractivity contribution in [3.63, 3.8) is 0 Å². The van der Waals surface area contributed by atoms with E-state index in [9.17, 15) is 32.4 Å². The summed E-state index contributed by atoms with van der Waals surface area (Å²) < 4.78 is 68.7. The molecule has 10 rings (SSSR count). The van der Waals surface area contributed by atoms with Crippen LogP contribution in [0.2, 0.25) is 0 Å². The lowest BCUT2D eigenvalue weighted by molar-refractivity contribution is -0.197. The number of hydrogen-bond donors (Lipinski definition) is 0. The number of rotatable bonds is 24. The van der Waals surface area contributed by atoms with Crippen molar-refractivity contribution in [3.8, 4) is 17.2 Å². The molecule has 4 amide bonds. The molecule has 0 saturated carbocycles. The van der Waals surface area contributed by atoms with Gasteiger partial charge in [-0.2, -0.15) is 8.42 Å². The van der Waals surface area contributed by atoms with Crippen LogP contribution in [0, 0.1) is 6.92 Å². The number of nitrogens with zero attached hydrogens (tertiary/aromatic N) is 4. The number of ether oxygens (including phenoxy) is 6. The third-order valence-corrected chi connectivity index (χ3v) is 17.8. The normalized spacial score (nSPS) is 18.3. The van der Waals surface area contributed by atoms with Gasteiger partial charge in [-0.1, -0.05) is 48.5 Å². The van der Waals surface area contributed by atoms with E-state index in [4.69, 9.17) is 37.4 Å². The Morgan fingerprint density at radius 1 is 0.622 bits per heavy atom. The molecule has 20 heteroatoms. The van der Waals surface area contributed by atoms with Crippen LogP contribution < -0.4 is 19.1 Å². The Kier molecular flexibility index (Phi) is 18.2. The van der Waals surface area contributed by atoms with E-state index in [-0.39, 0.29) is 76.3 Å². The highest BCUT2D eigenvalue weighted by atomic mass is 32.2. The highest BCUT2D eigenvalue weighted by Crippen LogP contribution is 2.40. The lowest BCUT2D eigenvalue weighted by atomic mass is 9.91. The third kappa shape index (κ3) is 13.0. The first kappa shape index (κ1) is 57.9. The molecule has 1 fully saturated rings. The highest BCUT2D eigenvalue weighted by molar-refractivity contribution is 7.87. The second kappa shape index (κ2) is 25.8. The van der Waals surface area contributed by atoms with Gasteiger partial charge in [-0.3, -0.25) is 23.4 Å². The van der Waals surface area contributed by atoms with Crippen molar-refractivity contribution in [2.24, 2.45) is 0 Å². The van der Waals surface area contributed by atoms with Crippen LogP contribution in [0.5, 0.6) is 17.2 Å². The van der Waals surface area contributed by atoms with Crippen LogP contribution in [0.15, 0.2) is 91.0 Å². The van der Waals surface area contributed by atoms with Crippen LogP contribution in [-0.4, -0.2) is 138 Å². The average Bonchev–Trinajstić information content (AvgIpc) is 3.76. The second-order valence-electron chi connectivity index (χ2n) is 21.3. The SMILES string of the molecule is COCCOCCOCCN(CCCC(=O)ON1C(=O)CCC1=O)c1cc(COc2cc3c(cc2C)C(=O)N2Cc4ccccc4C[C@H]2C(S(=O)(=O)OC)C3)cc(COc2cc3c(cc2OC)C(=O)N2Cc4ccccc4C[C@H]2CC3)c1. The van der Waals surface area contributed by atoms with Gasteiger partial charge in [-0.15, -0.1) is 5.06 Å². The van der Waals surface area contributed by atoms with Crippen LogP contribution in [-0.2, 0) is 99.7 Å². The highest BCUT2D eigenvalue weighted by Gasteiger charge is 2.45. The van der Waals surface area contributed by atoms with Crippen LogP contribution in [0.25, 0.3) is 0 Å². The van der Waals surface area contributed by atoms with E-state index in [1.165, 1.54) is 5.56 Å². The summed E-state index contributed by atoms with van der Waals surface area (Å²) in [6.45, 7) is 5.32. The molecule has 19 nitrogen and oxygen atoms in total. The smallest absolute Gasteiger partial charge is 0.333 e. The van der Waals surface area contributed by atoms with Crippen LogP contribution >= 0.6 is 0 Å². The molecular weight excluding hydrogens is 1070 g/mol. The van der Waals surface area contributed by atoms with Crippen molar-refractivity contribution >= 4 is 45.4 Å². The predicted octanol–water partition coefficient (Wildman–Crippen LogP) is 7.02. The maximum atomic E-state index is 14.5. The maximum absolute atomic E-state index is 14.5. The number of hydroxylamine groups is 2. The molecule has 0 aliphatic carbocycles. The second-order valence-corrected chi connectivity index (χ2v) is 23.3. The van der Waals surface area contributed by atoms with Gasteiger partial charge in [0.15, 0.2) is 11.5 Å². The van der Waals surface area contributed by atoms with Crippen molar-refractivity contribution in [1.29, 1.82) is 0 Å². The van der Waals surface area contributed by atoms with Crippen molar-refractivity contribution in [2.75, 3.05) is 72.4 Å². The summed E-state index contributed by atoms with van der Waals surface area (Å²) >= 11 is 0. The summed E-state index contributed by atoms with van der Waals surface area (Å²) in [6.07, 6.45) is 2.79. The van der Waals surface area contributed by atoms with Gasteiger partial charge in [0.05, 0.1) is 53.3 Å². The Labute approximate surface area is 478 Å². The van der Waals surface area contributed by atoms with E-state index < -0.39 is 39.2 Å². The van der Waals surface area contributed by atoms with Gasteiger partial charge in [0.1, 0.15) is 24.2 Å². The molecule has 0 spiro atoms. The number of carbonyl (C=O) groups is 5. The summed E-state index contributed by atoms with van der Waals surface area (Å²) in [5.74, 6) is -0.795. The van der Waals surface area contributed by atoms with Gasteiger partial charge in [0.2, 0.25) is 0 Å². The predicted molar refractivity (Wildman–Crippen MR) is 301 cm³/mol. The lowest BCUT2D eigenvalue weighted by Crippen LogP contribution is -2.52. The molecule has 5 aromatic rings. The molecular formula is C62H70N4O15S. The minimum Gasteiger partial charge on any atom is -0.493 e. The number of imide groups is 1. The van der Waals surface area contributed by atoms with Gasteiger partial charge in [0.25, 0.3) is 33.7 Å². The zero-order chi connectivity index (χ0) is 57.5. The molecule has 5 aliphatic heterocycles. The fraction of sp³-hybridized carbons (Fsp3) is 0.435. The number of carbonyl (C=O) groups excluding carboxylic acids is 5. The Morgan fingerprint density at radius 2 is 1.23 bits per heavy atom. The van der Waals surface area contributed by atoms with Crippen molar-refractivity contribution < 1.29 is 69.8 Å². The molecule has 0 radical (unpaired) electrons. The molecule has 1 saturated heterocycles. The molecule has 5 aliphatic rings. The van der Waals surface area contributed by atoms with E-state index in [1.807, 2.05) is 72.5 Å². The number of amides is 4. The largest absolute Gasteiger partial charge is 0.493 e.